The van der Waals surface area contributed by atoms with Gasteiger partial charge in [0.15, 0.2) is 11.5 Å². The van der Waals surface area contributed by atoms with Crippen LogP contribution in [-0.4, -0.2) is 74.5 Å². The summed E-state index contributed by atoms with van der Waals surface area (Å²) in [4.78, 5) is 44.4. The van der Waals surface area contributed by atoms with Crippen molar-refractivity contribution in [2.75, 3.05) is 35.0 Å². The predicted octanol–water partition coefficient (Wildman–Crippen LogP) is 2.79. The van der Waals surface area contributed by atoms with Gasteiger partial charge in [-0.1, -0.05) is 6.07 Å². The number of hydrogen-bond donors (Lipinski definition) is 0. The molecule has 0 aliphatic carbocycles. The minimum atomic E-state index is -0.714. The standard InChI is InChI=1S/C27H30N2O7/c1-33-17-9-8-15-10-11-28-23(18(15)14-17)19-6-5-7-20(26(28)31)29(19)27(32)24(30)16-12-21(34-2)25(36-4)22(13-16)35-3/h8-9,12-14,19-20,23H,5-7,10-11H2,1-4H3. The SMILES string of the molecule is COc1ccc2c(c1)C1C3CCCC(C(=O)N1CC2)N3C(=O)C(=O)c1cc(OC)c(OC)c(OC)c1. The van der Waals surface area contributed by atoms with Crippen molar-refractivity contribution in [3.05, 3.63) is 47.0 Å². The van der Waals surface area contributed by atoms with Gasteiger partial charge in [-0.3, -0.25) is 14.4 Å². The van der Waals surface area contributed by atoms with Gasteiger partial charge in [0.2, 0.25) is 11.7 Å². The fourth-order valence-corrected chi connectivity index (χ4v) is 5.93. The number of benzene rings is 2. The smallest absolute Gasteiger partial charge is 0.295 e. The maximum absolute atomic E-state index is 13.8. The zero-order valence-corrected chi connectivity index (χ0v) is 20.9. The van der Waals surface area contributed by atoms with E-state index in [0.29, 0.717) is 30.9 Å². The topological polar surface area (TPSA) is 94.6 Å². The molecule has 0 aromatic heterocycles. The summed E-state index contributed by atoms with van der Waals surface area (Å²) in [5.41, 5.74) is 2.24. The number of carbonyl (C=O) groups excluding carboxylic acids is 3. The molecule has 3 aliphatic rings. The number of amides is 2. The van der Waals surface area contributed by atoms with Crippen molar-refractivity contribution in [3.8, 4) is 23.0 Å². The van der Waals surface area contributed by atoms with Crippen LogP contribution in [0.15, 0.2) is 30.3 Å². The molecule has 0 N–H and O–H groups in total. The van der Waals surface area contributed by atoms with Gasteiger partial charge in [-0.2, -0.15) is 0 Å². The highest BCUT2D eigenvalue weighted by molar-refractivity contribution is 6.43. The Hall–Kier alpha value is -3.75. The minimum absolute atomic E-state index is 0.101. The van der Waals surface area contributed by atoms with Crippen LogP contribution in [0.4, 0.5) is 0 Å². The van der Waals surface area contributed by atoms with E-state index in [1.165, 1.54) is 38.4 Å². The van der Waals surface area contributed by atoms with Crippen LogP contribution < -0.4 is 18.9 Å². The van der Waals surface area contributed by atoms with Crippen LogP contribution in [0.25, 0.3) is 0 Å². The summed E-state index contributed by atoms with van der Waals surface area (Å²) in [5, 5.41) is 0. The van der Waals surface area contributed by atoms with E-state index in [0.717, 1.165) is 24.0 Å². The third-order valence-corrected chi connectivity index (χ3v) is 7.59. The molecule has 3 unspecified atom stereocenters. The third-order valence-electron chi connectivity index (χ3n) is 7.59. The molecule has 2 aromatic rings. The fourth-order valence-electron chi connectivity index (χ4n) is 5.93. The molecular weight excluding hydrogens is 464 g/mol. The predicted molar refractivity (Wildman–Crippen MR) is 130 cm³/mol. The van der Waals surface area contributed by atoms with Crippen molar-refractivity contribution in [2.45, 2.75) is 43.8 Å². The van der Waals surface area contributed by atoms with Crippen molar-refractivity contribution in [1.82, 2.24) is 9.80 Å². The number of methoxy groups -OCH3 is 4. The lowest BCUT2D eigenvalue weighted by molar-refractivity contribution is -0.164. The normalized spacial score (nSPS) is 22.3. The first-order valence-electron chi connectivity index (χ1n) is 12.1. The van der Waals surface area contributed by atoms with Gasteiger partial charge in [0.25, 0.3) is 11.7 Å². The summed E-state index contributed by atoms with van der Waals surface area (Å²) < 4.78 is 21.5. The second-order valence-corrected chi connectivity index (χ2v) is 9.26. The first kappa shape index (κ1) is 24.0. The minimum Gasteiger partial charge on any atom is -0.497 e. The number of ketones is 1. The van der Waals surface area contributed by atoms with Crippen LogP contribution in [-0.2, 0) is 16.0 Å². The molecule has 3 atom stereocenters. The first-order chi connectivity index (χ1) is 17.4. The lowest BCUT2D eigenvalue weighted by Gasteiger charge is -2.55. The number of ether oxygens (including phenoxy) is 4. The summed E-state index contributed by atoms with van der Waals surface area (Å²) >= 11 is 0. The largest absolute Gasteiger partial charge is 0.497 e. The van der Waals surface area contributed by atoms with E-state index in [4.69, 9.17) is 18.9 Å². The monoisotopic (exact) mass is 494 g/mol. The highest BCUT2D eigenvalue weighted by Crippen LogP contribution is 2.45. The number of Topliss-reactive ketones (excluding diaryl/α,β-unsaturated/α-hetero) is 1. The maximum atomic E-state index is 13.8. The van der Waals surface area contributed by atoms with Crippen LogP contribution in [0.3, 0.4) is 0 Å². The lowest BCUT2D eigenvalue weighted by atomic mass is 9.78. The van der Waals surface area contributed by atoms with Crippen molar-refractivity contribution in [1.29, 1.82) is 0 Å². The molecule has 3 heterocycles. The molecule has 2 bridgehead atoms. The van der Waals surface area contributed by atoms with Crippen molar-refractivity contribution < 1.29 is 33.3 Å². The molecule has 3 aliphatic heterocycles. The maximum Gasteiger partial charge on any atom is 0.295 e. The van der Waals surface area contributed by atoms with Gasteiger partial charge in [-0.25, -0.2) is 0 Å². The van der Waals surface area contributed by atoms with E-state index >= 15 is 0 Å². The first-order valence-corrected chi connectivity index (χ1v) is 12.1. The quantitative estimate of drug-likeness (QED) is 0.450. The van der Waals surface area contributed by atoms with Crippen LogP contribution in [0.2, 0.25) is 0 Å². The Morgan fingerprint density at radius 1 is 0.917 bits per heavy atom. The lowest BCUT2D eigenvalue weighted by Crippen LogP contribution is -2.68. The molecular formula is C27H30N2O7. The average molecular weight is 495 g/mol. The van der Waals surface area contributed by atoms with Gasteiger partial charge in [-0.05, 0) is 61.1 Å². The summed E-state index contributed by atoms with van der Waals surface area (Å²) in [7, 11) is 5.97. The highest BCUT2D eigenvalue weighted by atomic mass is 16.5. The number of hydrogen-bond acceptors (Lipinski definition) is 7. The van der Waals surface area contributed by atoms with Crippen LogP contribution in [0, 0.1) is 0 Å². The van der Waals surface area contributed by atoms with Crippen molar-refractivity contribution in [3.63, 3.8) is 0 Å². The summed E-state index contributed by atoms with van der Waals surface area (Å²) in [6.07, 6.45) is 2.81. The number of piperidine rings is 1. The van der Waals surface area contributed by atoms with Gasteiger partial charge in [0.05, 0.1) is 40.5 Å². The second kappa shape index (κ2) is 9.37. The zero-order chi connectivity index (χ0) is 25.6. The van der Waals surface area contributed by atoms with E-state index < -0.39 is 17.7 Å². The van der Waals surface area contributed by atoms with E-state index in [1.807, 2.05) is 23.1 Å². The Balaban J connectivity index is 1.54. The summed E-state index contributed by atoms with van der Waals surface area (Å²) in [5.74, 6) is 0.0843. The van der Waals surface area contributed by atoms with Gasteiger partial charge in [0.1, 0.15) is 11.8 Å². The van der Waals surface area contributed by atoms with Gasteiger partial charge >= 0.3 is 0 Å². The molecule has 0 spiro atoms. The van der Waals surface area contributed by atoms with E-state index in [-0.39, 0.29) is 35.1 Å². The highest BCUT2D eigenvalue weighted by Gasteiger charge is 2.53. The Labute approximate surface area is 209 Å². The van der Waals surface area contributed by atoms with Crippen molar-refractivity contribution >= 4 is 17.6 Å². The van der Waals surface area contributed by atoms with Crippen LogP contribution in [0.5, 0.6) is 23.0 Å². The third kappa shape index (κ3) is 3.65. The number of piperazine rings is 1. The molecule has 190 valence electrons. The second-order valence-electron chi connectivity index (χ2n) is 9.26. The fraction of sp³-hybridized carbons (Fsp3) is 0.444. The van der Waals surface area contributed by atoms with E-state index in [2.05, 4.69) is 0 Å². The molecule has 9 nitrogen and oxygen atoms in total. The summed E-state index contributed by atoms with van der Waals surface area (Å²) in [6.45, 7) is 0.596. The molecule has 2 saturated heterocycles. The zero-order valence-electron chi connectivity index (χ0n) is 20.9. The molecule has 5 rings (SSSR count). The molecule has 9 heteroatoms. The molecule has 0 saturated carbocycles. The number of fused-ring (bicyclic) bond motifs is 6. The van der Waals surface area contributed by atoms with Gasteiger partial charge in [0, 0.05) is 12.1 Å². The number of nitrogens with zero attached hydrogens (tertiary/aromatic N) is 2. The van der Waals surface area contributed by atoms with Crippen LogP contribution in [0.1, 0.15) is 46.8 Å². The Morgan fingerprint density at radius 3 is 2.28 bits per heavy atom. The van der Waals surface area contributed by atoms with E-state index in [9.17, 15) is 14.4 Å². The van der Waals surface area contributed by atoms with Crippen molar-refractivity contribution in [2.24, 2.45) is 0 Å². The number of carbonyl (C=O) groups is 3. The van der Waals surface area contributed by atoms with Gasteiger partial charge < -0.3 is 28.7 Å². The van der Waals surface area contributed by atoms with E-state index in [1.54, 1.807) is 7.11 Å². The molecule has 2 amide bonds. The van der Waals surface area contributed by atoms with Gasteiger partial charge in [-0.15, -0.1) is 0 Å². The molecule has 0 radical (unpaired) electrons. The van der Waals surface area contributed by atoms with Crippen LogP contribution >= 0.6 is 0 Å². The Morgan fingerprint density at radius 2 is 1.64 bits per heavy atom. The number of rotatable bonds is 6. The molecule has 2 aromatic carbocycles. The Bertz CT molecular complexity index is 1200. The summed E-state index contributed by atoms with van der Waals surface area (Å²) in [6, 6.07) is 7.57. The Kier molecular flexibility index (Phi) is 6.24. The molecule has 36 heavy (non-hydrogen) atoms. The average Bonchev–Trinajstić information content (AvgIpc) is 2.92. The molecule has 2 fully saturated rings.